The van der Waals surface area contributed by atoms with Crippen LogP contribution < -0.4 is 5.32 Å². The summed E-state index contributed by atoms with van der Waals surface area (Å²) >= 11 is 2.79. The van der Waals surface area contributed by atoms with Gasteiger partial charge in [0.05, 0.1) is 22.5 Å². The number of carbonyl (C=O) groups excluding carboxylic acids is 2. The summed E-state index contributed by atoms with van der Waals surface area (Å²) in [7, 11) is 3.27. The Kier molecular flexibility index (Phi) is 6.02. The molecular weight excluding hydrogens is 387 g/mol. The second kappa shape index (κ2) is 8.45. The van der Waals surface area contributed by atoms with Crippen LogP contribution >= 0.6 is 23.1 Å². The predicted octanol–water partition coefficient (Wildman–Crippen LogP) is 2.79. The maximum absolute atomic E-state index is 13.1. The molecule has 27 heavy (non-hydrogen) atoms. The summed E-state index contributed by atoms with van der Waals surface area (Å²) in [5, 5.41) is 3.29. The number of benzene rings is 1. The quantitative estimate of drug-likeness (QED) is 0.505. The second-order valence-corrected chi connectivity index (χ2v) is 7.88. The zero-order valence-corrected chi connectivity index (χ0v) is 16.4. The summed E-state index contributed by atoms with van der Waals surface area (Å²) < 4.78 is 14.0. The fourth-order valence-corrected chi connectivity index (χ4v) is 4.24. The van der Waals surface area contributed by atoms with E-state index in [0.29, 0.717) is 5.03 Å². The average molecular weight is 404 g/mol. The minimum atomic E-state index is -0.283. The molecule has 0 aliphatic carbocycles. The Hall–Kier alpha value is -2.52. The van der Waals surface area contributed by atoms with E-state index in [1.54, 1.807) is 26.2 Å². The smallest absolute Gasteiger partial charge is 0.241 e. The van der Waals surface area contributed by atoms with E-state index in [9.17, 15) is 14.0 Å². The number of nitrogens with one attached hydrogen (secondary N) is 1. The minimum Gasteiger partial charge on any atom is -0.347 e. The van der Waals surface area contributed by atoms with Crippen molar-refractivity contribution < 1.29 is 14.0 Å². The molecule has 0 saturated carbocycles. The van der Waals surface area contributed by atoms with Crippen molar-refractivity contribution in [3.05, 3.63) is 42.5 Å². The molecule has 2 aromatic heterocycles. The Morgan fingerprint density at radius 1 is 1.22 bits per heavy atom. The van der Waals surface area contributed by atoms with Crippen molar-refractivity contribution >= 4 is 45.1 Å². The van der Waals surface area contributed by atoms with Crippen molar-refractivity contribution in [1.29, 1.82) is 0 Å². The molecular formula is C18H17FN4O2S2. The summed E-state index contributed by atoms with van der Waals surface area (Å²) in [4.78, 5) is 34.4. The van der Waals surface area contributed by atoms with E-state index in [1.165, 1.54) is 46.5 Å². The van der Waals surface area contributed by atoms with Gasteiger partial charge < -0.3 is 10.2 Å². The van der Waals surface area contributed by atoms with E-state index in [4.69, 9.17) is 0 Å². The third-order valence-corrected chi connectivity index (χ3v) is 5.98. The maximum atomic E-state index is 13.1. The van der Waals surface area contributed by atoms with Crippen molar-refractivity contribution in [2.24, 2.45) is 0 Å². The number of rotatable bonds is 6. The molecule has 0 saturated heterocycles. The lowest BCUT2D eigenvalue weighted by Crippen LogP contribution is -2.36. The largest absolute Gasteiger partial charge is 0.347 e. The lowest BCUT2D eigenvalue weighted by Gasteiger charge is -2.10. The highest BCUT2D eigenvalue weighted by Crippen LogP contribution is 2.36. The van der Waals surface area contributed by atoms with Crippen LogP contribution in [-0.4, -0.2) is 53.1 Å². The van der Waals surface area contributed by atoms with Crippen molar-refractivity contribution in [3.63, 3.8) is 0 Å². The summed E-state index contributed by atoms with van der Waals surface area (Å²) in [5.41, 5.74) is 1.68. The highest BCUT2D eigenvalue weighted by atomic mass is 32.2. The highest BCUT2D eigenvalue weighted by molar-refractivity contribution is 8.00. The molecule has 1 aromatic carbocycles. The Balaban J connectivity index is 1.71. The monoisotopic (exact) mass is 404 g/mol. The van der Waals surface area contributed by atoms with Crippen LogP contribution in [0, 0.1) is 5.82 Å². The number of amides is 2. The third kappa shape index (κ3) is 4.81. The number of aromatic nitrogens is 2. The Morgan fingerprint density at radius 3 is 2.67 bits per heavy atom. The number of nitrogens with zero attached hydrogens (tertiary/aromatic N) is 3. The Labute approximate surface area is 163 Å². The molecule has 6 nitrogen and oxygen atoms in total. The van der Waals surface area contributed by atoms with Gasteiger partial charge in [0.25, 0.3) is 0 Å². The van der Waals surface area contributed by atoms with Gasteiger partial charge in [0.1, 0.15) is 17.2 Å². The molecule has 0 aliphatic rings. The lowest BCUT2D eigenvalue weighted by atomic mass is 10.2. The van der Waals surface area contributed by atoms with Crippen LogP contribution in [0.15, 0.2) is 41.7 Å². The van der Waals surface area contributed by atoms with E-state index >= 15 is 0 Å². The number of carbonyl (C=O) groups is 2. The third-order valence-electron chi connectivity index (χ3n) is 3.68. The molecule has 0 unspecified atom stereocenters. The van der Waals surface area contributed by atoms with Gasteiger partial charge in [-0.25, -0.2) is 14.4 Å². The van der Waals surface area contributed by atoms with Crippen molar-refractivity contribution in [1.82, 2.24) is 20.2 Å². The molecule has 0 atom stereocenters. The summed E-state index contributed by atoms with van der Waals surface area (Å²) in [6.45, 7) is -0.0285. The highest BCUT2D eigenvalue weighted by Gasteiger charge is 2.13. The van der Waals surface area contributed by atoms with Crippen LogP contribution in [-0.2, 0) is 9.59 Å². The molecule has 9 heteroatoms. The van der Waals surface area contributed by atoms with E-state index < -0.39 is 0 Å². The number of halogens is 1. The molecule has 0 bridgehead atoms. The first-order valence-electron chi connectivity index (χ1n) is 8.04. The summed E-state index contributed by atoms with van der Waals surface area (Å²) in [6, 6.07) is 8.20. The Morgan fingerprint density at radius 2 is 1.96 bits per heavy atom. The first kappa shape index (κ1) is 19.2. The van der Waals surface area contributed by atoms with Gasteiger partial charge in [0.15, 0.2) is 0 Å². The molecule has 0 aliphatic heterocycles. The van der Waals surface area contributed by atoms with Gasteiger partial charge in [-0.15, -0.1) is 11.3 Å². The number of likely N-dealkylation sites (N-methyl/N-ethyl adjacent to an activating group) is 1. The van der Waals surface area contributed by atoms with Crippen LogP contribution in [0.1, 0.15) is 0 Å². The standard InChI is InChI=1S/C18H17FN4O2S2/c1-23(2)16(25)8-20-15(24)9-26-18-17-13(21-10-22-18)7-14(27-17)11-3-5-12(19)6-4-11/h3-7,10H,8-9H2,1-2H3,(H,20,24). The van der Waals surface area contributed by atoms with Crippen LogP contribution in [0.2, 0.25) is 0 Å². The maximum Gasteiger partial charge on any atom is 0.241 e. The molecule has 2 amide bonds. The van der Waals surface area contributed by atoms with E-state index in [-0.39, 0.29) is 29.9 Å². The number of thiophene rings is 1. The molecule has 2 heterocycles. The normalized spacial score (nSPS) is 10.8. The van der Waals surface area contributed by atoms with E-state index in [2.05, 4.69) is 15.3 Å². The van der Waals surface area contributed by atoms with Gasteiger partial charge in [-0.1, -0.05) is 23.9 Å². The van der Waals surface area contributed by atoms with E-state index in [1.807, 2.05) is 6.07 Å². The summed E-state index contributed by atoms with van der Waals surface area (Å²) in [6.07, 6.45) is 1.46. The topological polar surface area (TPSA) is 75.2 Å². The first-order valence-corrected chi connectivity index (χ1v) is 9.84. The number of thioether (sulfide) groups is 1. The molecule has 0 fully saturated rings. The molecule has 0 spiro atoms. The average Bonchev–Trinajstić information content (AvgIpc) is 3.09. The van der Waals surface area contributed by atoms with Gasteiger partial charge in [0, 0.05) is 19.0 Å². The van der Waals surface area contributed by atoms with Gasteiger partial charge in [-0.05, 0) is 23.8 Å². The van der Waals surface area contributed by atoms with Crippen LogP contribution in [0.3, 0.4) is 0 Å². The fourth-order valence-electron chi connectivity index (χ4n) is 2.21. The minimum absolute atomic E-state index is 0.0285. The second-order valence-electron chi connectivity index (χ2n) is 5.86. The van der Waals surface area contributed by atoms with Gasteiger partial charge in [-0.3, -0.25) is 9.59 Å². The predicted molar refractivity (Wildman–Crippen MR) is 105 cm³/mol. The van der Waals surface area contributed by atoms with Crippen molar-refractivity contribution in [3.8, 4) is 10.4 Å². The van der Waals surface area contributed by atoms with Crippen molar-refractivity contribution in [2.75, 3.05) is 26.4 Å². The first-order chi connectivity index (χ1) is 12.9. The van der Waals surface area contributed by atoms with Crippen molar-refractivity contribution in [2.45, 2.75) is 5.03 Å². The van der Waals surface area contributed by atoms with Gasteiger partial charge in [0.2, 0.25) is 11.8 Å². The number of hydrogen-bond donors (Lipinski definition) is 1. The molecule has 140 valence electrons. The zero-order chi connectivity index (χ0) is 19.4. The fraction of sp³-hybridized carbons (Fsp3) is 0.222. The summed E-state index contributed by atoms with van der Waals surface area (Å²) in [5.74, 6) is -0.539. The lowest BCUT2D eigenvalue weighted by molar-refractivity contribution is -0.130. The van der Waals surface area contributed by atoms with Crippen LogP contribution in [0.5, 0.6) is 0 Å². The SMILES string of the molecule is CN(C)C(=O)CNC(=O)CSc1ncnc2cc(-c3ccc(F)cc3)sc12. The number of hydrogen-bond acceptors (Lipinski definition) is 6. The van der Waals surface area contributed by atoms with Crippen LogP contribution in [0.4, 0.5) is 4.39 Å². The zero-order valence-electron chi connectivity index (χ0n) is 14.7. The molecule has 3 aromatic rings. The van der Waals surface area contributed by atoms with Gasteiger partial charge >= 0.3 is 0 Å². The molecule has 0 radical (unpaired) electrons. The molecule has 1 N–H and O–H groups in total. The van der Waals surface area contributed by atoms with Gasteiger partial charge in [-0.2, -0.15) is 0 Å². The van der Waals surface area contributed by atoms with Crippen LogP contribution in [0.25, 0.3) is 20.7 Å². The Bertz CT molecular complexity index is 973. The molecule has 3 rings (SSSR count). The number of fused-ring (bicyclic) bond motifs is 1. The van der Waals surface area contributed by atoms with E-state index in [0.717, 1.165) is 20.7 Å².